The lowest BCUT2D eigenvalue weighted by atomic mass is 9.46. The van der Waals surface area contributed by atoms with E-state index in [1.807, 2.05) is 6.08 Å². The zero-order chi connectivity index (χ0) is 18.1. The van der Waals surface area contributed by atoms with Gasteiger partial charge in [0.15, 0.2) is 0 Å². The molecule has 0 aliphatic heterocycles. The first kappa shape index (κ1) is 19.0. The fourth-order valence-electron chi connectivity index (χ4n) is 5.54. The molecule has 0 saturated heterocycles. The lowest BCUT2D eigenvalue weighted by molar-refractivity contribution is -0.162. The maximum Gasteiger partial charge on any atom is 0.302 e. The van der Waals surface area contributed by atoms with E-state index >= 15 is 0 Å². The van der Waals surface area contributed by atoms with Crippen molar-refractivity contribution >= 4 is 5.97 Å². The van der Waals surface area contributed by atoms with Gasteiger partial charge in [-0.25, -0.2) is 0 Å². The molecule has 2 saturated carbocycles. The molecule has 0 spiro atoms. The Kier molecular flexibility index (Phi) is 5.47. The van der Waals surface area contributed by atoms with E-state index in [0.717, 1.165) is 25.7 Å². The normalized spacial score (nSPS) is 36.0. The summed E-state index contributed by atoms with van der Waals surface area (Å²) in [5.74, 6) is 0.931. The number of fused-ring (bicyclic) bond motifs is 1. The van der Waals surface area contributed by atoms with Crippen LogP contribution >= 0.6 is 0 Å². The number of allylic oxidation sites excluding steroid dienone is 4. The van der Waals surface area contributed by atoms with Crippen molar-refractivity contribution in [3.05, 3.63) is 36.5 Å². The number of hydrogen-bond donors (Lipinski definition) is 0. The Balaban J connectivity index is 2.35. The molecule has 0 aromatic heterocycles. The lowest BCUT2D eigenvalue weighted by Gasteiger charge is -2.59. The average Bonchev–Trinajstić information content (AvgIpc) is 2.43. The van der Waals surface area contributed by atoms with E-state index in [-0.39, 0.29) is 22.9 Å². The second kappa shape index (κ2) is 6.90. The topological polar surface area (TPSA) is 26.3 Å². The molecule has 0 N–H and O–H groups in total. The highest BCUT2D eigenvalue weighted by atomic mass is 16.5. The van der Waals surface area contributed by atoms with Crippen molar-refractivity contribution in [1.82, 2.24) is 0 Å². The fraction of sp³-hybridized carbons (Fsp3) is 0.682. The molecule has 2 nitrogen and oxygen atoms in total. The second-order valence-corrected chi connectivity index (χ2v) is 8.82. The van der Waals surface area contributed by atoms with Gasteiger partial charge < -0.3 is 4.74 Å². The Labute approximate surface area is 148 Å². The molecule has 2 heteroatoms. The van der Waals surface area contributed by atoms with E-state index in [9.17, 15) is 4.79 Å². The van der Waals surface area contributed by atoms with Gasteiger partial charge in [-0.2, -0.15) is 0 Å². The number of rotatable bonds is 4. The Morgan fingerprint density at radius 3 is 2.54 bits per heavy atom. The highest BCUT2D eigenvalue weighted by Gasteiger charge is 2.55. The van der Waals surface area contributed by atoms with Crippen LogP contribution < -0.4 is 0 Å². The van der Waals surface area contributed by atoms with Crippen LogP contribution in [0.4, 0.5) is 0 Å². The summed E-state index contributed by atoms with van der Waals surface area (Å²) >= 11 is 0. The van der Waals surface area contributed by atoms with Gasteiger partial charge in [0.2, 0.25) is 0 Å². The van der Waals surface area contributed by atoms with Gasteiger partial charge in [-0.05, 0) is 61.7 Å². The summed E-state index contributed by atoms with van der Waals surface area (Å²) in [4.78, 5) is 11.5. The molecule has 134 valence electrons. The van der Waals surface area contributed by atoms with Gasteiger partial charge in [0.25, 0.3) is 0 Å². The van der Waals surface area contributed by atoms with E-state index in [1.54, 1.807) is 0 Å². The van der Waals surface area contributed by atoms with Crippen LogP contribution in [0.5, 0.6) is 0 Å². The highest BCUT2D eigenvalue weighted by molar-refractivity contribution is 5.66. The number of esters is 1. The molecule has 0 aromatic carbocycles. The minimum Gasteiger partial charge on any atom is -0.463 e. The van der Waals surface area contributed by atoms with Crippen LogP contribution in [-0.4, -0.2) is 12.1 Å². The second-order valence-electron chi connectivity index (χ2n) is 8.82. The Bertz CT molecular complexity index is 554. The van der Waals surface area contributed by atoms with Crippen molar-refractivity contribution in [3.63, 3.8) is 0 Å². The fourth-order valence-corrected chi connectivity index (χ4v) is 5.54. The summed E-state index contributed by atoms with van der Waals surface area (Å²) in [7, 11) is 0. The third-order valence-corrected chi connectivity index (χ3v) is 6.53. The zero-order valence-electron chi connectivity index (χ0n) is 16.2. The zero-order valence-corrected chi connectivity index (χ0v) is 16.2. The van der Waals surface area contributed by atoms with Gasteiger partial charge in [0.1, 0.15) is 6.10 Å². The van der Waals surface area contributed by atoms with Crippen molar-refractivity contribution in [2.75, 3.05) is 0 Å². The number of hydrogen-bond acceptors (Lipinski definition) is 2. The molecule has 4 atom stereocenters. The molecular weight excluding hydrogens is 296 g/mol. The van der Waals surface area contributed by atoms with Gasteiger partial charge in [-0.15, -0.1) is 0 Å². The molecule has 2 fully saturated rings. The molecule has 0 unspecified atom stereocenters. The predicted octanol–water partition coefficient (Wildman–Crippen LogP) is 5.85. The van der Waals surface area contributed by atoms with Gasteiger partial charge in [-0.1, -0.05) is 57.2 Å². The van der Waals surface area contributed by atoms with Crippen LogP contribution in [0.15, 0.2) is 36.5 Å². The Morgan fingerprint density at radius 2 is 1.96 bits per heavy atom. The highest BCUT2D eigenvalue weighted by Crippen LogP contribution is 2.62. The van der Waals surface area contributed by atoms with Crippen molar-refractivity contribution in [3.8, 4) is 0 Å². The van der Waals surface area contributed by atoms with E-state index in [4.69, 9.17) is 4.74 Å². The van der Waals surface area contributed by atoms with Crippen molar-refractivity contribution in [2.24, 2.45) is 22.7 Å². The number of carbonyl (C=O) groups excluding carboxylic acids is 1. The molecular formula is C22H34O2. The minimum atomic E-state index is -0.161. The summed E-state index contributed by atoms with van der Waals surface area (Å²) in [6.07, 6.45) is 9.47. The summed E-state index contributed by atoms with van der Waals surface area (Å²) in [6.45, 7) is 19.0. The maximum atomic E-state index is 11.5. The quantitative estimate of drug-likeness (QED) is 0.367. The summed E-state index contributed by atoms with van der Waals surface area (Å²) in [5, 5.41) is 0. The monoisotopic (exact) mass is 330 g/mol. The maximum absolute atomic E-state index is 11.5. The Morgan fingerprint density at radius 1 is 1.29 bits per heavy atom. The van der Waals surface area contributed by atoms with Crippen molar-refractivity contribution in [1.29, 1.82) is 0 Å². The SMILES string of the molecule is C=C/C(C)=C\C[C@@H]1C(=C)CC[C@@H]2C(C)(C)C[C@@H](OC(C)=O)C[C@@]12C. The molecule has 2 aliphatic carbocycles. The first-order valence-corrected chi connectivity index (χ1v) is 9.24. The summed E-state index contributed by atoms with van der Waals surface area (Å²) in [5.41, 5.74) is 2.90. The molecule has 2 rings (SSSR count). The van der Waals surface area contributed by atoms with Crippen LogP contribution in [0.3, 0.4) is 0 Å². The summed E-state index contributed by atoms with van der Waals surface area (Å²) in [6, 6.07) is 0. The number of ether oxygens (including phenoxy) is 1. The van der Waals surface area contributed by atoms with Gasteiger partial charge in [-0.3, -0.25) is 4.79 Å². The minimum absolute atomic E-state index is 0.0247. The first-order chi connectivity index (χ1) is 11.1. The third kappa shape index (κ3) is 3.68. The molecule has 0 bridgehead atoms. The third-order valence-electron chi connectivity index (χ3n) is 6.53. The molecule has 0 heterocycles. The number of carbonyl (C=O) groups is 1. The lowest BCUT2D eigenvalue weighted by Crippen LogP contribution is -2.53. The average molecular weight is 331 g/mol. The van der Waals surface area contributed by atoms with Gasteiger partial charge in [0, 0.05) is 6.92 Å². The molecule has 0 radical (unpaired) electrons. The molecule has 0 aromatic rings. The Hall–Kier alpha value is -1.31. The van der Waals surface area contributed by atoms with Gasteiger partial charge >= 0.3 is 5.97 Å². The van der Waals surface area contributed by atoms with Gasteiger partial charge in [0.05, 0.1) is 0 Å². The smallest absolute Gasteiger partial charge is 0.302 e. The largest absolute Gasteiger partial charge is 0.463 e. The molecule has 24 heavy (non-hydrogen) atoms. The predicted molar refractivity (Wildman–Crippen MR) is 101 cm³/mol. The summed E-state index contributed by atoms with van der Waals surface area (Å²) < 4.78 is 5.67. The molecule has 0 amide bonds. The van der Waals surface area contributed by atoms with Crippen LogP contribution in [0.1, 0.15) is 66.7 Å². The van der Waals surface area contributed by atoms with E-state index < -0.39 is 0 Å². The van der Waals surface area contributed by atoms with E-state index in [2.05, 4.69) is 46.9 Å². The molecule has 2 aliphatic rings. The first-order valence-electron chi connectivity index (χ1n) is 9.24. The van der Waals surface area contributed by atoms with Crippen LogP contribution in [-0.2, 0) is 9.53 Å². The van der Waals surface area contributed by atoms with Crippen molar-refractivity contribution in [2.45, 2.75) is 72.8 Å². The van der Waals surface area contributed by atoms with Crippen LogP contribution in [0, 0.1) is 22.7 Å². The van der Waals surface area contributed by atoms with Crippen LogP contribution in [0.2, 0.25) is 0 Å². The van der Waals surface area contributed by atoms with Crippen molar-refractivity contribution < 1.29 is 9.53 Å². The van der Waals surface area contributed by atoms with E-state index in [0.29, 0.717) is 11.8 Å². The van der Waals surface area contributed by atoms with Crippen LogP contribution in [0.25, 0.3) is 0 Å². The van der Waals surface area contributed by atoms with E-state index in [1.165, 1.54) is 24.5 Å². The standard InChI is InChI=1S/C22H34O2/c1-8-15(2)9-11-19-16(3)10-12-20-21(5,6)13-18(24-17(4)23)14-22(19,20)7/h8-9,18-20H,1,3,10-14H2,2,4-7H3/b15-9-/t18-,19-,20-,22+/m1/s1.